The first-order valence-electron chi connectivity index (χ1n) is 4.22. The fourth-order valence-corrected chi connectivity index (χ4v) is 0.996. The van der Waals surface area contributed by atoms with Crippen molar-refractivity contribution in [2.24, 2.45) is 5.92 Å². The minimum Gasteiger partial charge on any atom is -0.470 e. The molecule has 0 bridgehead atoms. The van der Waals surface area contributed by atoms with Crippen LogP contribution in [-0.4, -0.2) is 0 Å². The Hall–Kier alpha value is -0.720. The molecule has 1 heteroatoms. The van der Waals surface area contributed by atoms with Gasteiger partial charge in [0.1, 0.15) is 0 Å². The molecule has 0 amide bonds. The Morgan fingerprint density at radius 1 is 1.45 bits per heavy atom. The summed E-state index contributed by atoms with van der Waals surface area (Å²) in [5, 5.41) is 0. The van der Waals surface area contributed by atoms with Gasteiger partial charge in [-0.2, -0.15) is 0 Å². The van der Waals surface area contributed by atoms with Crippen LogP contribution in [0, 0.1) is 5.92 Å². The number of hydrogen-bond acceptors (Lipinski definition) is 1. The quantitative estimate of drug-likeness (QED) is 0.551. The molecule has 0 rings (SSSR count). The summed E-state index contributed by atoms with van der Waals surface area (Å²) in [6, 6.07) is 0. The molecule has 0 aromatic carbocycles. The standard InChI is InChI=1S/C10H18O/c1-5-8-11-9(4)10(6-2)7-3/h5,8,10H,4,6-7H2,1-3H3/b8-5-. The zero-order valence-electron chi connectivity index (χ0n) is 7.76. The lowest BCUT2D eigenvalue weighted by Crippen LogP contribution is -2.01. The van der Waals surface area contributed by atoms with Gasteiger partial charge < -0.3 is 4.74 Å². The van der Waals surface area contributed by atoms with Crippen molar-refractivity contribution in [1.29, 1.82) is 0 Å². The van der Waals surface area contributed by atoms with Crippen LogP contribution in [0.15, 0.2) is 24.7 Å². The van der Waals surface area contributed by atoms with E-state index in [0.29, 0.717) is 5.92 Å². The first-order chi connectivity index (χ1) is 5.26. The molecule has 0 fully saturated rings. The van der Waals surface area contributed by atoms with Gasteiger partial charge in [-0.3, -0.25) is 0 Å². The maximum atomic E-state index is 5.26. The molecule has 0 saturated carbocycles. The second-order valence-corrected chi connectivity index (χ2v) is 2.57. The van der Waals surface area contributed by atoms with E-state index in [9.17, 15) is 0 Å². The molecule has 0 N–H and O–H groups in total. The predicted octanol–water partition coefficient (Wildman–Crippen LogP) is 3.49. The van der Waals surface area contributed by atoms with Crippen molar-refractivity contribution in [3.05, 3.63) is 24.7 Å². The van der Waals surface area contributed by atoms with E-state index in [1.54, 1.807) is 6.26 Å². The SMILES string of the molecule is C=C(O/C=C\C)C(CC)CC. The van der Waals surface area contributed by atoms with E-state index >= 15 is 0 Å². The van der Waals surface area contributed by atoms with Gasteiger partial charge >= 0.3 is 0 Å². The summed E-state index contributed by atoms with van der Waals surface area (Å²) >= 11 is 0. The highest BCUT2D eigenvalue weighted by molar-refractivity contribution is 4.92. The zero-order chi connectivity index (χ0) is 8.69. The van der Waals surface area contributed by atoms with Crippen molar-refractivity contribution in [2.75, 3.05) is 0 Å². The maximum absolute atomic E-state index is 5.26. The molecular formula is C10H18O. The molecule has 0 radical (unpaired) electrons. The Morgan fingerprint density at radius 3 is 2.36 bits per heavy atom. The molecule has 0 aliphatic carbocycles. The Kier molecular flexibility index (Phi) is 5.63. The van der Waals surface area contributed by atoms with Crippen molar-refractivity contribution in [2.45, 2.75) is 33.6 Å². The summed E-state index contributed by atoms with van der Waals surface area (Å²) in [6.45, 7) is 10.1. The average Bonchev–Trinajstić information content (AvgIpc) is 2.03. The van der Waals surface area contributed by atoms with Crippen LogP contribution in [-0.2, 0) is 4.74 Å². The second-order valence-electron chi connectivity index (χ2n) is 2.57. The normalized spacial score (nSPS) is 10.9. The van der Waals surface area contributed by atoms with E-state index < -0.39 is 0 Å². The number of hydrogen-bond donors (Lipinski definition) is 0. The van der Waals surface area contributed by atoms with Crippen LogP contribution in [0.2, 0.25) is 0 Å². The lowest BCUT2D eigenvalue weighted by atomic mass is 10.0. The van der Waals surface area contributed by atoms with Gasteiger partial charge in [-0.25, -0.2) is 0 Å². The second kappa shape index (κ2) is 6.02. The minimum absolute atomic E-state index is 0.506. The zero-order valence-corrected chi connectivity index (χ0v) is 7.76. The van der Waals surface area contributed by atoms with Gasteiger partial charge in [0, 0.05) is 5.92 Å². The molecule has 0 aromatic heterocycles. The summed E-state index contributed by atoms with van der Waals surface area (Å²) in [4.78, 5) is 0. The highest BCUT2D eigenvalue weighted by Gasteiger charge is 2.07. The molecule has 0 unspecified atom stereocenters. The van der Waals surface area contributed by atoms with Crippen LogP contribution >= 0.6 is 0 Å². The molecule has 0 aromatic rings. The lowest BCUT2D eigenvalue weighted by molar-refractivity contribution is 0.282. The third-order valence-corrected chi connectivity index (χ3v) is 1.80. The van der Waals surface area contributed by atoms with Crippen LogP contribution in [0.25, 0.3) is 0 Å². The summed E-state index contributed by atoms with van der Waals surface area (Å²) in [7, 11) is 0. The van der Waals surface area contributed by atoms with Gasteiger partial charge in [0.25, 0.3) is 0 Å². The van der Waals surface area contributed by atoms with Crippen molar-refractivity contribution < 1.29 is 4.74 Å². The monoisotopic (exact) mass is 154 g/mol. The van der Waals surface area contributed by atoms with Gasteiger partial charge in [0.2, 0.25) is 0 Å². The molecule has 64 valence electrons. The van der Waals surface area contributed by atoms with E-state index in [4.69, 9.17) is 4.74 Å². The van der Waals surface area contributed by atoms with Crippen LogP contribution in [0.5, 0.6) is 0 Å². The third kappa shape index (κ3) is 3.87. The van der Waals surface area contributed by atoms with Crippen LogP contribution in [0.3, 0.4) is 0 Å². The lowest BCUT2D eigenvalue weighted by Gasteiger charge is -2.13. The van der Waals surface area contributed by atoms with Crippen molar-refractivity contribution in [3.8, 4) is 0 Å². The van der Waals surface area contributed by atoms with Gasteiger partial charge in [-0.1, -0.05) is 26.5 Å². The van der Waals surface area contributed by atoms with Crippen LogP contribution in [0.1, 0.15) is 33.6 Å². The Morgan fingerprint density at radius 2 is 2.00 bits per heavy atom. The van der Waals surface area contributed by atoms with E-state index in [0.717, 1.165) is 18.6 Å². The summed E-state index contributed by atoms with van der Waals surface area (Å²) in [5.41, 5.74) is 0. The molecule has 0 spiro atoms. The molecule has 1 nitrogen and oxygen atoms in total. The van der Waals surface area contributed by atoms with Gasteiger partial charge in [-0.15, -0.1) is 0 Å². The molecule has 0 aliphatic rings. The number of allylic oxidation sites excluding steroid dienone is 2. The third-order valence-electron chi connectivity index (χ3n) is 1.80. The average molecular weight is 154 g/mol. The first-order valence-corrected chi connectivity index (χ1v) is 4.22. The van der Waals surface area contributed by atoms with Crippen molar-refractivity contribution in [1.82, 2.24) is 0 Å². The van der Waals surface area contributed by atoms with Gasteiger partial charge in [0.05, 0.1) is 12.0 Å². The maximum Gasteiger partial charge on any atom is 0.0990 e. The topological polar surface area (TPSA) is 9.23 Å². The number of ether oxygens (including phenoxy) is 1. The molecule has 0 aliphatic heterocycles. The van der Waals surface area contributed by atoms with E-state index in [1.165, 1.54) is 0 Å². The van der Waals surface area contributed by atoms with Crippen molar-refractivity contribution in [3.63, 3.8) is 0 Å². The first kappa shape index (κ1) is 10.3. The molecule has 0 saturated heterocycles. The van der Waals surface area contributed by atoms with E-state index in [1.807, 2.05) is 13.0 Å². The fraction of sp³-hybridized carbons (Fsp3) is 0.600. The summed E-state index contributed by atoms with van der Waals surface area (Å²) in [5.74, 6) is 1.39. The Bertz CT molecular complexity index is 132. The van der Waals surface area contributed by atoms with E-state index in [2.05, 4.69) is 20.4 Å². The van der Waals surface area contributed by atoms with E-state index in [-0.39, 0.29) is 0 Å². The molecule has 0 atom stereocenters. The smallest absolute Gasteiger partial charge is 0.0990 e. The summed E-state index contributed by atoms with van der Waals surface area (Å²) in [6.07, 6.45) is 5.76. The van der Waals surface area contributed by atoms with Gasteiger partial charge in [0.15, 0.2) is 0 Å². The van der Waals surface area contributed by atoms with Crippen LogP contribution < -0.4 is 0 Å². The molecule has 0 heterocycles. The molecular weight excluding hydrogens is 136 g/mol. The van der Waals surface area contributed by atoms with Gasteiger partial charge in [-0.05, 0) is 19.8 Å². The minimum atomic E-state index is 0.506. The van der Waals surface area contributed by atoms with Crippen molar-refractivity contribution >= 4 is 0 Å². The van der Waals surface area contributed by atoms with Crippen LogP contribution in [0.4, 0.5) is 0 Å². The summed E-state index contributed by atoms with van der Waals surface area (Å²) < 4.78 is 5.26. The Balaban J connectivity index is 3.79. The fourth-order valence-electron chi connectivity index (χ4n) is 0.996. The largest absolute Gasteiger partial charge is 0.470 e. The highest BCUT2D eigenvalue weighted by Crippen LogP contribution is 2.17. The molecule has 11 heavy (non-hydrogen) atoms. The predicted molar refractivity (Wildman–Crippen MR) is 49.1 cm³/mol. The highest BCUT2D eigenvalue weighted by atomic mass is 16.5. The Labute approximate surface area is 69.8 Å². The number of rotatable bonds is 5.